The highest BCUT2D eigenvalue weighted by molar-refractivity contribution is 5.11. The van der Waals surface area contributed by atoms with E-state index in [1.54, 1.807) is 0 Å². The van der Waals surface area contributed by atoms with Gasteiger partial charge in [-0.3, -0.25) is 0 Å². The van der Waals surface area contributed by atoms with Crippen LogP contribution < -0.4 is 0 Å². The zero-order valence-corrected chi connectivity index (χ0v) is 10.9. The van der Waals surface area contributed by atoms with Crippen LogP contribution in [-0.4, -0.2) is 11.2 Å². The van der Waals surface area contributed by atoms with E-state index in [9.17, 15) is 0 Å². The van der Waals surface area contributed by atoms with Gasteiger partial charge in [-0.15, -0.1) is 0 Å². The lowest BCUT2D eigenvalue weighted by Crippen LogP contribution is -1.97. The minimum absolute atomic E-state index is 0.0955. The summed E-state index contributed by atoms with van der Waals surface area (Å²) < 4.78 is 0. The fourth-order valence-electron chi connectivity index (χ4n) is 1.40. The lowest BCUT2D eigenvalue weighted by Gasteiger charge is -2.01. The SMILES string of the molecule is CCCCCCC(C)O.Cc1ccccc1. The minimum Gasteiger partial charge on any atom is -0.393 e. The van der Waals surface area contributed by atoms with Gasteiger partial charge in [-0.2, -0.15) is 0 Å². The Labute approximate surface area is 101 Å². The summed E-state index contributed by atoms with van der Waals surface area (Å²) in [6, 6.07) is 10.3. The number of aliphatic hydroxyl groups excluding tert-OH is 1. The molecule has 1 nitrogen and oxygen atoms in total. The monoisotopic (exact) mass is 222 g/mol. The molecular weight excluding hydrogens is 196 g/mol. The molecule has 1 N–H and O–H groups in total. The highest BCUT2D eigenvalue weighted by atomic mass is 16.3. The molecule has 0 aliphatic carbocycles. The minimum atomic E-state index is -0.0955. The number of unbranched alkanes of at least 4 members (excludes halogenated alkanes) is 3. The van der Waals surface area contributed by atoms with Crippen molar-refractivity contribution in [2.75, 3.05) is 0 Å². The zero-order chi connectivity index (χ0) is 12.2. The van der Waals surface area contributed by atoms with E-state index in [0.29, 0.717) is 0 Å². The van der Waals surface area contributed by atoms with Gasteiger partial charge in [0.2, 0.25) is 0 Å². The van der Waals surface area contributed by atoms with Gasteiger partial charge in [0.05, 0.1) is 6.10 Å². The van der Waals surface area contributed by atoms with Crippen LogP contribution in [0.25, 0.3) is 0 Å². The molecule has 1 rings (SSSR count). The van der Waals surface area contributed by atoms with Gasteiger partial charge in [0.15, 0.2) is 0 Å². The summed E-state index contributed by atoms with van der Waals surface area (Å²) in [5, 5.41) is 8.85. The maximum atomic E-state index is 8.85. The molecule has 1 unspecified atom stereocenters. The topological polar surface area (TPSA) is 20.2 Å². The Morgan fingerprint density at radius 3 is 2.06 bits per heavy atom. The van der Waals surface area contributed by atoms with Gasteiger partial charge in [0.25, 0.3) is 0 Å². The normalized spacial score (nSPS) is 11.5. The molecule has 0 saturated carbocycles. The summed E-state index contributed by atoms with van der Waals surface area (Å²) in [5.41, 5.74) is 1.32. The first-order valence-corrected chi connectivity index (χ1v) is 6.36. The molecule has 0 aliphatic rings. The van der Waals surface area contributed by atoms with Crippen molar-refractivity contribution < 1.29 is 5.11 Å². The van der Waals surface area contributed by atoms with E-state index >= 15 is 0 Å². The van der Waals surface area contributed by atoms with Gasteiger partial charge >= 0.3 is 0 Å². The van der Waals surface area contributed by atoms with Crippen molar-refractivity contribution in [2.45, 2.75) is 59.0 Å². The zero-order valence-electron chi connectivity index (χ0n) is 10.9. The highest BCUT2D eigenvalue weighted by Gasteiger charge is 1.93. The maximum absolute atomic E-state index is 8.85. The Kier molecular flexibility index (Phi) is 10.1. The predicted octanol–water partition coefficient (Wildman–Crippen LogP) is 4.33. The van der Waals surface area contributed by atoms with Gasteiger partial charge in [-0.25, -0.2) is 0 Å². The van der Waals surface area contributed by atoms with Crippen LogP contribution in [0, 0.1) is 6.92 Å². The number of aryl methyl sites for hydroxylation is 1. The Morgan fingerprint density at radius 1 is 1.06 bits per heavy atom. The summed E-state index contributed by atoms with van der Waals surface area (Å²) in [5.74, 6) is 0. The number of aliphatic hydroxyl groups is 1. The van der Waals surface area contributed by atoms with Crippen LogP contribution in [0.1, 0.15) is 51.5 Å². The third kappa shape index (κ3) is 11.3. The van der Waals surface area contributed by atoms with Crippen LogP contribution in [0.4, 0.5) is 0 Å². The first-order chi connectivity index (χ1) is 7.66. The molecule has 0 radical (unpaired) electrons. The van der Waals surface area contributed by atoms with Gasteiger partial charge in [-0.05, 0) is 20.3 Å². The maximum Gasteiger partial charge on any atom is 0.0512 e. The van der Waals surface area contributed by atoms with Gasteiger partial charge < -0.3 is 5.11 Å². The van der Waals surface area contributed by atoms with E-state index in [1.807, 2.05) is 25.1 Å². The lowest BCUT2D eigenvalue weighted by molar-refractivity contribution is 0.180. The van der Waals surface area contributed by atoms with Crippen molar-refractivity contribution >= 4 is 0 Å². The van der Waals surface area contributed by atoms with Crippen LogP contribution >= 0.6 is 0 Å². The molecule has 0 heterocycles. The van der Waals surface area contributed by atoms with Crippen LogP contribution in [0.5, 0.6) is 0 Å². The van der Waals surface area contributed by atoms with E-state index in [4.69, 9.17) is 5.11 Å². The molecule has 1 aromatic carbocycles. The summed E-state index contributed by atoms with van der Waals surface area (Å²) >= 11 is 0. The van der Waals surface area contributed by atoms with Crippen LogP contribution in [0.2, 0.25) is 0 Å². The van der Waals surface area contributed by atoms with Crippen LogP contribution in [-0.2, 0) is 0 Å². The average Bonchev–Trinajstić information content (AvgIpc) is 2.26. The van der Waals surface area contributed by atoms with Gasteiger partial charge in [0.1, 0.15) is 0 Å². The summed E-state index contributed by atoms with van der Waals surface area (Å²) in [6.07, 6.45) is 5.93. The van der Waals surface area contributed by atoms with Gasteiger partial charge in [0, 0.05) is 0 Å². The Bertz CT molecular complexity index is 228. The molecule has 0 aliphatic heterocycles. The Morgan fingerprint density at radius 2 is 1.69 bits per heavy atom. The smallest absolute Gasteiger partial charge is 0.0512 e. The molecule has 0 aromatic heterocycles. The average molecular weight is 222 g/mol. The van der Waals surface area contributed by atoms with Crippen LogP contribution in [0.3, 0.4) is 0 Å². The van der Waals surface area contributed by atoms with Crippen LogP contribution in [0.15, 0.2) is 30.3 Å². The third-order valence-corrected chi connectivity index (χ3v) is 2.42. The molecule has 0 fully saturated rings. The van der Waals surface area contributed by atoms with Crippen molar-refractivity contribution in [1.82, 2.24) is 0 Å². The second-order valence-corrected chi connectivity index (χ2v) is 4.35. The first kappa shape index (κ1) is 15.2. The first-order valence-electron chi connectivity index (χ1n) is 6.36. The molecule has 1 aromatic rings. The molecule has 0 bridgehead atoms. The fourth-order valence-corrected chi connectivity index (χ4v) is 1.40. The number of hydrogen-bond donors (Lipinski definition) is 1. The standard InChI is InChI=1S/C8H18O.C7H8/c1-3-4-5-6-7-8(2)9;1-7-5-3-2-4-6-7/h8-9H,3-7H2,1-2H3;2-6H,1H3. The van der Waals surface area contributed by atoms with E-state index in [-0.39, 0.29) is 6.10 Å². The third-order valence-electron chi connectivity index (χ3n) is 2.42. The van der Waals surface area contributed by atoms with Crippen molar-refractivity contribution in [2.24, 2.45) is 0 Å². The molecule has 92 valence electrons. The van der Waals surface area contributed by atoms with E-state index in [0.717, 1.165) is 6.42 Å². The highest BCUT2D eigenvalue weighted by Crippen LogP contribution is 2.04. The Hall–Kier alpha value is -0.820. The lowest BCUT2D eigenvalue weighted by atomic mass is 10.1. The quantitative estimate of drug-likeness (QED) is 0.735. The summed E-state index contributed by atoms with van der Waals surface area (Å²) in [6.45, 7) is 6.13. The summed E-state index contributed by atoms with van der Waals surface area (Å²) in [4.78, 5) is 0. The second kappa shape index (κ2) is 10.7. The fraction of sp³-hybridized carbons (Fsp3) is 0.600. The van der Waals surface area contributed by atoms with Crippen molar-refractivity contribution in [3.05, 3.63) is 35.9 Å². The van der Waals surface area contributed by atoms with E-state index in [2.05, 4.69) is 26.0 Å². The predicted molar refractivity (Wildman–Crippen MR) is 71.6 cm³/mol. The molecule has 1 atom stereocenters. The number of rotatable bonds is 5. The number of benzene rings is 1. The van der Waals surface area contributed by atoms with E-state index < -0.39 is 0 Å². The van der Waals surface area contributed by atoms with E-state index in [1.165, 1.54) is 31.2 Å². The molecule has 0 spiro atoms. The Balaban J connectivity index is 0.000000288. The molecule has 0 amide bonds. The second-order valence-electron chi connectivity index (χ2n) is 4.35. The number of hydrogen-bond acceptors (Lipinski definition) is 1. The van der Waals surface area contributed by atoms with Crippen molar-refractivity contribution in [1.29, 1.82) is 0 Å². The van der Waals surface area contributed by atoms with Gasteiger partial charge in [-0.1, -0.05) is 68.5 Å². The molecule has 0 saturated heterocycles. The summed E-state index contributed by atoms with van der Waals surface area (Å²) in [7, 11) is 0. The molecule has 16 heavy (non-hydrogen) atoms. The molecular formula is C15H26O. The van der Waals surface area contributed by atoms with Crippen molar-refractivity contribution in [3.63, 3.8) is 0 Å². The van der Waals surface area contributed by atoms with Crippen molar-refractivity contribution in [3.8, 4) is 0 Å². The largest absolute Gasteiger partial charge is 0.393 e. The molecule has 1 heteroatoms.